The molecular weight excluding hydrogens is 294 g/mol. The summed E-state index contributed by atoms with van der Waals surface area (Å²) >= 11 is 0. The first kappa shape index (κ1) is 21.5. The summed E-state index contributed by atoms with van der Waals surface area (Å²) < 4.78 is 10.6. The first-order chi connectivity index (χ1) is 10.4. The van der Waals surface area contributed by atoms with Crippen LogP contribution < -0.4 is 5.32 Å². The van der Waals surface area contributed by atoms with Gasteiger partial charge in [0.25, 0.3) is 0 Å². The molecule has 0 saturated heterocycles. The van der Waals surface area contributed by atoms with Gasteiger partial charge in [-0.2, -0.15) is 0 Å². The lowest BCUT2D eigenvalue weighted by molar-refractivity contribution is -0.157. The highest BCUT2D eigenvalue weighted by molar-refractivity contribution is 5.81. The average molecular weight is 327 g/mol. The Hall–Kier alpha value is -1.52. The Kier molecular flexibility index (Phi) is 8.95. The predicted molar refractivity (Wildman–Crippen MR) is 92.3 cm³/mol. The van der Waals surface area contributed by atoms with Gasteiger partial charge in [0.15, 0.2) is 0 Å². The summed E-state index contributed by atoms with van der Waals surface area (Å²) in [7, 11) is 0. The topological polar surface area (TPSA) is 64.6 Å². The number of amides is 1. The second-order valence-corrected chi connectivity index (χ2v) is 7.54. The Morgan fingerprint density at radius 1 is 1.00 bits per heavy atom. The molecule has 23 heavy (non-hydrogen) atoms. The number of rotatable bonds is 7. The van der Waals surface area contributed by atoms with Crippen LogP contribution >= 0.6 is 0 Å². The molecule has 0 spiro atoms. The molecule has 0 bridgehead atoms. The Labute approximate surface area is 140 Å². The van der Waals surface area contributed by atoms with Crippen LogP contribution in [-0.2, 0) is 14.3 Å². The van der Waals surface area contributed by atoms with E-state index < -0.39 is 29.3 Å². The van der Waals surface area contributed by atoms with Gasteiger partial charge in [0, 0.05) is 0 Å². The van der Waals surface area contributed by atoms with E-state index in [-0.39, 0.29) is 0 Å². The molecule has 1 amide bonds. The third-order valence-corrected chi connectivity index (χ3v) is 2.65. The summed E-state index contributed by atoms with van der Waals surface area (Å²) in [6, 6.07) is -0.695. The van der Waals surface area contributed by atoms with Gasteiger partial charge in [-0.25, -0.2) is 9.59 Å². The molecule has 5 nitrogen and oxygen atoms in total. The van der Waals surface area contributed by atoms with Crippen molar-refractivity contribution in [3.63, 3.8) is 0 Å². The highest BCUT2D eigenvalue weighted by Crippen LogP contribution is 2.13. The fraction of sp³-hybridized carbons (Fsp3) is 0.778. The fourth-order valence-corrected chi connectivity index (χ4v) is 1.80. The first-order valence-electron chi connectivity index (χ1n) is 8.32. The van der Waals surface area contributed by atoms with E-state index in [1.807, 2.05) is 0 Å². The molecular formula is C18H33NO4. The van der Waals surface area contributed by atoms with Gasteiger partial charge in [-0.15, -0.1) is 0 Å². The maximum absolute atomic E-state index is 12.3. The van der Waals surface area contributed by atoms with Crippen LogP contribution in [0.3, 0.4) is 0 Å². The molecule has 0 aliphatic heterocycles. The SMILES string of the molecule is CCC=CCCCC(NC(=O)OC(C)(C)C)C(=O)OC(C)(C)C. The van der Waals surface area contributed by atoms with E-state index in [9.17, 15) is 9.59 Å². The van der Waals surface area contributed by atoms with E-state index in [1.54, 1.807) is 41.5 Å². The van der Waals surface area contributed by atoms with Crippen molar-refractivity contribution in [2.24, 2.45) is 0 Å². The maximum Gasteiger partial charge on any atom is 0.408 e. The molecule has 0 radical (unpaired) electrons. The molecule has 0 aromatic heterocycles. The molecule has 0 rings (SSSR count). The number of alkyl carbamates (subject to hydrolysis) is 1. The molecule has 134 valence electrons. The third kappa shape index (κ3) is 12.7. The number of hydrogen-bond acceptors (Lipinski definition) is 4. The Morgan fingerprint density at radius 2 is 1.57 bits per heavy atom. The second-order valence-electron chi connectivity index (χ2n) is 7.54. The second kappa shape index (κ2) is 9.58. The number of carbonyl (C=O) groups is 2. The number of nitrogens with one attached hydrogen (secondary N) is 1. The van der Waals surface area contributed by atoms with E-state index in [0.717, 1.165) is 19.3 Å². The third-order valence-electron chi connectivity index (χ3n) is 2.65. The smallest absolute Gasteiger partial charge is 0.408 e. The van der Waals surface area contributed by atoms with Crippen molar-refractivity contribution < 1.29 is 19.1 Å². The van der Waals surface area contributed by atoms with E-state index in [1.165, 1.54) is 0 Å². The van der Waals surface area contributed by atoms with Crippen molar-refractivity contribution in [3.8, 4) is 0 Å². The van der Waals surface area contributed by atoms with Crippen LogP contribution in [0.5, 0.6) is 0 Å². The lowest BCUT2D eigenvalue weighted by Gasteiger charge is -2.26. The quantitative estimate of drug-likeness (QED) is 0.429. The van der Waals surface area contributed by atoms with Crippen LogP contribution in [0.4, 0.5) is 4.79 Å². The molecule has 0 aromatic rings. The molecule has 0 aliphatic carbocycles. The molecule has 0 aromatic carbocycles. The minimum absolute atomic E-state index is 0.428. The number of carbonyl (C=O) groups excluding carboxylic acids is 2. The van der Waals surface area contributed by atoms with Crippen LogP contribution in [0.2, 0.25) is 0 Å². The summed E-state index contributed by atoms with van der Waals surface area (Å²) in [5.74, 6) is -0.428. The van der Waals surface area contributed by atoms with Gasteiger partial charge < -0.3 is 14.8 Å². The van der Waals surface area contributed by atoms with Gasteiger partial charge in [0.2, 0.25) is 0 Å². The van der Waals surface area contributed by atoms with Crippen LogP contribution in [-0.4, -0.2) is 29.3 Å². The van der Waals surface area contributed by atoms with Crippen molar-refractivity contribution in [2.75, 3.05) is 0 Å². The largest absolute Gasteiger partial charge is 0.458 e. The average Bonchev–Trinajstić information content (AvgIpc) is 2.32. The van der Waals surface area contributed by atoms with Gasteiger partial charge in [-0.05, 0) is 67.2 Å². The molecule has 0 heterocycles. The summed E-state index contributed by atoms with van der Waals surface area (Å²) in [6.07, 6.45) is 6.73. The lowest BCUT2D eigenvalue weighted by Crippen LogP contribution is -2.46. The fourth-order valence-electron chi connectivity index (χ4n) is 1.80. The van der Waals surface area contributed by atoms with E-state index in [4.69, 9.17) is 9.47 Å². The standard InChI is InChI=1S/C18H33NO4/c1-8-9-10-11-12-13-14(15(20)22-17(2,3)4)19-16(21)23-18(5,6)7/h9-10,14H,8,11-13H2,1-7H3,(H,19,21). The molecule has 5 heteroatoms. The number of esters is 1. The van der Waals surface area contributed by atoms with E-state index in [2.05, 4.69) is 24.4 Å². The summed E-state index contributed by atoms with van der Waals surface area (Å²) in [6.45, 7) is 12.8. The zero-order chi connectivity index (χ0) is 18.1. The predicted octanol–water partition coefficient (Wildman–Crippen LogP) is 4.36. The van der Waals surface area contributed by atoms with Gasteiger partial charge in [0.1, 0.15) is 17.2 Å². The number of ether oxygens (including phenoxy) is 2. The maximum atomic E-state index is 12.3. The van der Waals surface area contributed by atoms with Crippen LogP contribution in [0.25, 0.3) is 0 Å². The molecule has 0 fully saturated rings. The summed E-state index contributed by atoms with van der Waals surface area (Å²) in [5, 5.41) is 2.63. The number of allylic oxidation sites excluding steroid dienone is 2. The Balaban J connectivity index is 4.69. The number of hydrogen-bond donors (Lipinski definition) is 1. The highest BCUT2D eigenvalue weighted by Gasteiger charge is 2.28. The van der Waals surface area contributed by atoms with Crippen molar-refractivity contribution in [2.45, 2.75) is 91.4 Å². The lowest BCUT2D eigenvalue weighted by atomic mass is 10.1. The van der Waals surface area contributed by atoms with Crippen LogP contribution in [0.1, 0.15) is 74.1 Å². The van der Waals surface area contributed by atoms with Crippen molar-refractivity contribution in [3.05, 3.63) is 12.2 Å². The van der Waals surface area contributed by atoms with E-state index in [0.29, 0.717) is 6.42 Å². The first-order valence-corrected chi connectivity index (χ1v) is 8.32. The Morgan fingerprint density at radius 3 is 2.04 bits per heavy atom. The highest BCUT2D eigenvalue weighted by atomic mass is 16.6. The minimum Gasteiger partial charge on any atom is -0.458 e. The normalized spacial score (nSPS) is 13.7. The van der Waals surface area contributed by atoms with Crippen molar-refractivity contribution in [1.82, 2.24) is 5.32 Å². The summed E-state index contributed by atoms with van der Waals surface area (Å²) in [4.78, 5) is 24.2. The van der Waals surface area contributed by atoms with Crippen molar-refractivity contribution >= 4 is 12.1 Å². The molecule has 0 saturated carbocycles. The monoisotopic (exact) mass is 327 g/mol. The molecule has 1 atom stereocenters. The number of unbranched alkanes of at least 4 members (excludes halogenated alkanes) is 1. The Bertz CT molecular complexity index is 402. The van der Waals surface area contributed by atoms with Crippen LogP contribution in [0, 0.1) is 0 Å². The van der Waals surface area contributed by atoms with Gasteiger partial charge >= 0.3 is 12.1 Å². The zero-order valence-corrected chi connectivity index (χ0v) is 15.7. The summed E-state index contributed by atoms with van der Waals surface area (Å²) in [5.41, 5.74) is -1.19. The van der Waals surface area contributed by atoms with Crippen LogP contribution in [0.15, 0.2) is 12.2 Å². The van der Waals surface area contributed by atoms with Gasteiger partial charge in [-0.3, -0.25) is 0 Å². The van der Waals surface area contributed by atoms with Crippen molar-refractivity contribution in [1.29, 1.82) is 0 Å². The van der Waals surface area contributed by atoms with Gasteiger partial charge in [-0.1, -0.05) is 19.1 Å². The van der Waals surface area contributed by atoms with E-state index >= 15 is 0 Å². The van der Waals surface area contributed by atoms with Gasteiger partial charge in [0.05, 0.1) is 0 Å². The molecule has 0 aliphatic rings. The molecule has 1 N–H and O–H groups in total. The minimum atomic E-state index is -0.695. The molecule has 1 unspecified atom stereocenters. The zero-order valence-electron chi connectivity index (χ0n) is 15.7.